The van der Waals surface area contributed by atoms with Gasteiger partial charge in [-0.05, 0) is 11.6 Å². The van der Waals surface area contributed by atoms with E-state index in [0.717, 1.165) is 11.1 Å². The number of para-hydroxylation sites is 1. The highest BCUT2D eigenvalue weighted by atomic mass is 16.5. The molecule has 0 aliphatic carbocycles. The molecule has 0 saturated heterocycles. The Morgan fingerprint density at radius 3 is 2.32 bits per heavy atom. The Morgan fingerprint density at radius 2 is 1.64 bits per heavy atom. The van der Waals surface area contributed by atoms with Crippen molar-refractivity contribution in [3.8, 4) is 11.5 Å². The highest BCUT2D eigenvalue weighted by Crippen LogP contribution is 2.30. The predicted octanol–water partition coefficient (Wildman–Crippen LogP) is 1.68. The molecule has 0 spiro atoms. The van der Waals surface area contributed by atoms with Gasteiger partial charge in [-0.15, -0.1) is 0 Å². The van der Waals surface area contributed by atoms with Crippen LogP contribution in [-0.4, -0.2) is 32.6 Å². The third-order valence-corrected chi connectivity index (χ3v) is 3.61. The van der Waals surface area contributed by atoms with Gasteiger partial charge in [0.2, 0.25) is 11.8 Å². The van der Waals surface area contributed by atoms with Gasteiger partial charge in [0, 0.05) is 12.1 Å². The fraction of sp³-hybridized carbons (Fsp3) is 0.263. The van der Waals surface area contributed by atoms with Gasteiger partial charge in [-0.1, -0.05) is 42.5 Å². The van der Waals surface area contributed by atoms with Gasteiger partial charge in [-0.2, -0.15) is 0 Å². The molecule has 0 aliphatic heterocycles. The number of carbonyl (C=O) groups is 2. The van der Waals surface area contributed by atoms with Crippen LogP contribution in [0.1, 0.15) is 11.1 Å². The molecule has 25 heavy (non-hydrogen) atoms. The van der Waals surface area contributed by atoms with Crippen molar-refractivity contribution in [1.29, 1.82) is 0 Å². The average molecular weight is 342 g/mol. The van der Waals surface area contributed by atoms with Crippen LogP contribution in [0.4, 0.5) is 0 Å². The molecule has 0 unspecified atom stereocenters. The molecule has 6 heteroatoms. The maximum atomic E-state index is 11.9. The molecule has 0 radical (unpaired) electrons. The number of hydrogen-bond acceptors (Lipinski definition) is 4. The molecule has 2 aromatic rings. The molecular formula is C19H22N2O4. The van der Waals surface area contributed by atoms with E-state index in [2.05, 4.69) is 10.6 Å². The lowest BCUT2D eigenvalue weighted by molar-refractivity contribution is -0.125. The van der Waals surface area contributed by atoms with Crippen LogP contribution in [0.15, 0.2) is 48.5 Å². The van der Waals surface area contributed by atoms with Gasteiger partial charge in [-0.3, -0.25) is 9.59 Å². The van der Waals surface area contributed by atoms with Crippen LogP contribution in [0.5, 0.6) is 11.5 Å². The summed E-state index contributed by atoms with van der Waals surface area (Å²) in [4.78, 5) is 23.8. The van der Waals surface area contributed by atoms with Crippen molar-refractivity contribution in [1.82, 2.24) is 10.6 Å². The lowest BCUT2D eigenvalue weighted by Crippen LogP contribution is -2.37. The summed E-state index contributed by atoms with van der Waals surface area (Å²) in [6.07, 6.45) is 0.248. The van der Waals surface area contributed by atoms with E-state index in [0.29, 0.717) is 11.5 Å². The Balaban J connectivity index is 1.80. The first-order valence-corrected chi connectivity index (χ1v) is 7.91. The monoisotopic (exact) mass is 342 g/mol. The molecule has 2 amide bonds. The molecule has 0 bridgehead atoms. The predicted molar refractivity (Wildman–Crippen MR) is 94.5 cm³/mol. The Bertz CT molecular complexity index is 717. The fourth-order valence-electron chi connectivity index (χ4n) is 2.37. The molecule has 6 nitrogen and oxygen atoms in total. The highest BCUT2D eigenvalue weighted by molar-refractivity contribution is 5.85. The molecule has 0 heterocycles. The van der Waals surface area contributed by atoms with E-state index in [4.69, 9.17) is 9.47 Å². The first kappa shape index (κ1) is 18.3. The Kier molecular flexibility index (Phi) is 6.83. The summed E-state index contributed by atoms with van der Waals surface area (Å²) in [5, 5.41) is 5.37. The van der Waals surface area contributed by atoms with E-state index in [1.165, 1.54) is 0 Å². The number of amides is 2. The lowest BCUT2D eigenvalue weighted by Gasteiger charge is -2.13. The molecule has 2 N–H and O–H groups in total. The molecule has 0 aromatic heterocycles. The number of carbonyl (C=O) groups excluding carboxylic acids is 2. The zero-order valence-corrected chi connectivity index (χ0v) is 14.4. The van der Waals surface area contributed by atoms with Gasteiger partial charge in [0.15, 0.2) is 11.5 Å². The second-order valence-corrected chi connectivity index (χ2v) is 5.37. The minimum atomic E-state index is -0.272. The van der Waals surface area contributed by atoms with Crippen molar-refractivity contribution in [2.75, 3.05) is 20.8 Å². The van der Waals surface area contributed by atoms with E-state index in [-0.39, 0.29) is 31.3 Å². The molecular weight excluding hydrogens is 320 g/mol. The molecule has 132 valence electrons. The topological polar surface area (TPSA) is 76.7 Å². The maximum Gasteiger partial charge on any atom is 0.239 e. The van der Waals surface area contributed by atoms with Crippen molar-refractivity contribution in [3.63, 3.8) is 0 Å². The van der Waals surface area contributed by atoms with Crippen molar-refractivity contribution >= 4 is 11.8 Å². The van der Waals surface area contributed by atoms with Crippen LogP contribution >= 0.6 is 0 Å². The molecule has 0 aliphatic rings. The molecule has 0 fully saturated rings. The standard InChI is InChI=1S/C19H22N2O4/c1-24-16-10-6-9-15(19(16)25-2)12-20-18(23)13-21-17(22)11-14-7-4-3-5-8-14/h3-10H,11-13H2,1-2H3,(H,20,23)(H,21,22). The average Bonchev–Trinajstić information content (AvgIpc) is 2.65. The molecule has 0 atom stereocenters. The molecule has 0 saturated carbocycles. The van der Waals surface area contributed by atoms with E-state index in [1.54, 1.807) is 20.3 Å². The van der Waals surface area contributed by atoms with Crippen molar-refractivity contribution in [3.05, 3.63) is 59.7 Å². The van der Waals surface area contributed by atoms with Gasteiger partial charge < -0.3 is 20.1 Å². The van der Waals surface area contributed by atoms with Crippen LogP contribution in [0.2, 0.25) is 0 Å². The van der Waals surface area contributed by atoms with Gasteiger partial charge in [0.05, 0.1) is 27.2 Å². The number of hydrogen-bond donors (Lipinski definition) is 2. The number of rotatable bonds is 8. The van der Waals surface area contributed by atoms with E-state index in [1.807, 2.05) is 42.5 Å². The van der Waals surface area contributed by atoms with Crippen LogP contribution in [0.25, 0.3) is 0 Å². The van der Waals surface area contributed by atoms with Gasteiger partial charge >= 0.3 is 0 Å². The number of methoxy groups -OCH3 is 2. The minimum absolute atomic E-state index is 0.0715. The zero-order valence-electron chi connectivity index (χ0n) is 14.4. The Morgan fingerprint density at radius 1 is 0.880 bits per heavy atom. The van der Waals surface area contributed by atoms with Gasteiger partial charge in [-0.25, -0.2) is 0 Å². The zero-order chi connectivity index (χ0) is 18.1. The summed E-state index contributed by atoms with van der Waals surface area (Å²) in [7, 11) is 3.11. The Labute approximate surface area is 147 Å². The quantitative estimate of drug-likeness (QED) is 0.765. The highest BCUT2D eigenvalue weighted by Gasteiger charge is 2.11. The summed E-state index contributed by atoms with van der Waals surface area (Å²) in [6, 6.07) is 14.8. The summed E-state index contributed by atoms with van der Waals surface area (Å²) >= 11 is 0. The van der Waals surface area contributed by atoms with E-state index < -0.39 is 0 Å². The summed E-state index contributed by atoms with van der Waals surface area (Å²) in [5.74, 6) is 0.718. The fourth-order valence-corrected chi connectivity index (χ4v) is 2.37. The Hall–Kier alpha value is -3.02. The molecule has 2 aromatic carbocycles. The van der Waals surface area contributed by atoms with E-state index in [9.17, 15) is 9.59 Å². The van der Waals surface area contributed by atoms with Crippen LogP contribution in [-0.2, 0) is 22.6 Å². The first-order chi connectivity index (χ1) is 12.1. The number of benzene rings is 2. The van der Waals surface area contributed by atoms with Crippen LogP contribution in [0.3, 0.4) is 0 Å². The third kappa shape index (κ3) is 5.53. The lowest BCUT2D eigenvalue weighted by atomic mass is 10.1. The second-order valence-electron chi connectivity index (χ2n) is 5.37. The molecule has 2 rings (SSSR count). The van der Waals surface area contributed by atoms with Crippen molar-refractivity contribution in [2.24, 2.45) is 0 Å². The number of nitrogens with one attached hydrogen (secondary N) is 2. The summed E-state index contributed by atoms with van der Waals surface area (Å²) in [6.45, 7) is 0.214. The third-order valence-electron chi connectivity index (χ3n) is 3.61. The normalized spacial score (nSPS) is 10.0. The van der Waals surface area contributed by atoms with Crippen molar-refractivity contribution in [2.45, 2.75) is 13.0 Å². The van der Waals surface area contributed by atoms with Crippen molar-refractivity contribution < 1.29 is 19.1 Å². The van der Waals surface area contributed by atoms with Crippen LogP contribution in [0, 0.1) is 0 Å². The van der Waals surface area contributed by atoms with Crippen LogP contribution < -0.4 is 20.1 Å². The first-order valence-electron chi connectivity index (χ1n) is 7.91. The largest absolute Gasteiger partial charge is 0.493 e. The minimum Gasteiger partial charge on any atom is -0.493 e. The maximum absolute atomic E-state index is 11.9. The van der Waals surface area contributed by atoms with E-state index >= 15 is 0 Å². The summed E-state index contributed by atoms with van der Waals surface area (Å²) < 4.78 is 10.5. The number of ether oxygens (including phenoxy) is 2. The van der Waals surface area contributed by atoms with Gasteiger partial charge in [0.1, 0.15) is 0 Å². The SMILES string of the molecule is COc1cccc(CNC(=O)CNC(=O)Cc2ccccc2)c1OC. The summed E-state index contributed by atoms with van der Waals surface area (Å²) in [5.41, 5.74) is 1.70. The van der Waals surface area contributed by atoms with Gasteiger partial charge in [0.25, 0.3) is 0 Å². The second kappa shape index (κ2) is 9.32. The smallest absolute Gasteiger partial charge is 0.239 e.